The van der Waals surface area contributed by atoms with Crippen molar-refractivity contribution in [3.63, 3.8) is 0 Å². The van der Waals surface area contributed by atoms with E-state index in [-0.39, 0.29) is 67.5 Å². The maximum atomic E-state index is 14.7. The molecule has 0 saturated heterocycles. The largest absolute Gasteiger partial charge is 0.481 e. The van der Waals surface area contributed by atoms with Gasteiger partial charge in [-0.1, -0.05) is 142 Å². The van der Waals surface area contributed by atoms with Gasteiger partial charge in [-0.15, -0.1) is 0 Å². The number of para-hydroxylation sites is 1. The summed E-state index contributed by atoms with van der Waals surface area (Å²) in [5, 5.41) is 21.5. The van der Waals surface area contributed by atoms with Crippen molar-refractivity contribution < 1.29 is 56.5 Å². The van der Waals surface area contributed by atoms with Crippen molar-refractivity contribution in [3.05, 3.63) is 208 Å². The minimum atomic E-state index is -4.18. The number of hydrogen-bond acceptors (Lipinski definition) is 13. The molecule has 1 unspecified atom stereocenters. The van der Waals surface area contributed by atoms with Gasteiger partial charge in [-0.2, -0.15) is 0 Å². The standard InChI is InChI=1S/C68H65N7O13S/c1-4-68(54-35-58-61-45(33-44-19-8-13-26-55(44)71-61)37-75(58)63(79)53(54)39-86-65(68)81)88-64(80)60(40(2)3)73-62(78)56(27-14-15-32-69-67(83)87-38-52-50-24-11-9-22-48(50)49-23-10-12-25-51(49)52)72-66(82)70-46-21-16-20-43(34-46)41-28-30-47(31-29-41)89(84,85)74-57(36-59(76)77)42-17-6-5-7-18-42/h5-13,16-26,28-31,33-35,40,52,56-57,60,74H,4,14-15,27,32,36-39H2,1-3H3,(H,69,83)(H,73,78)(H,76,77)(H2,70,72,82)/t56-,57?,60+,68-/m0/s1. The molecule has 4 atom stereocenters. The number of rotatable bonds is 22. The van der Waals surface area contributed by atoms with E-state index in [2.05, 4.69) is 26.0 Å². The highest BCUT2D eigenvalue weighted by atomic mass is 32.2. The molecule has 3 aliphatic rings. The van der Waals surface area contributed by atoms with Crippen LogP contribution in [0.5, 0.6) is 0 Å². The summed E-state index contributed by atoms with van der Waals surface area (Å²) >= 11 is 0. The summed E-state index contributed by atoms with van der Waals surface area (Å²) in [6.45, 7) is 5.14. The van der Waals surface area contributed by atoms with Crippen molar-refractivity contribution in [1.82, 2.24) is 30.2 Å². The molecule has 0 fully saturated rings. The number of sulfonamides is 1. The Morgan fingerprint density at radius 1 is 0.787 bits per heavy atom. The molecule has 11 rings (SSSR count). The fraction of sp³-hybridized carbons (Fsp3) is 0.265. The molecule has 6 aromatic carbocycles. The number of cyclic esters (lactones) is 1. The number of unbranched alkanes of at least 4 members (excludes halogenated alkanes) is 1. The number of urea groups is 1. The van der Waals surface area contributed by atoms with E-state index < -0.39 is 87.6 Å². The average Bonchev–Trinajstić information content (AvgIpc) is 1.75. The molecule has 20 nitrogen and oxygen atoms in total. The summed E-state index contributed by atoms with van der Waals surface area (Å²) in [5.74, 6) is -4.61. The summed E-state index contributed by atoms with van der Waals surface area (Å²) in [5.41, 5.74) is 6.58. The minimum absolute atomic E-state index is 0.0243. The lowest BCUT2D eigenvalue weighted by Crippen LogP contribution is -2.56. The molecule has 4 amide bonds. The normalized spacial score (nSPS) is 15.7. The molecule has 456 valence electrons. The summed E-state index contributed by atoms with van der Waals surface area (Å²) in [6.07, 6.45) is -0.572. The fourth-order valence-electron chi connectivity index (χ4n) is 11.9. The third kappa shape index (κ3) is 12.8. The third-order valence-corrected chi connectivity index (χ3v) is 18.0. The smallest absolute Gasteiger partial charge is 0.407 e. The number of amides is 4. The number of carbonyl (C=O) groups is 6. The van der Waals surface area contributed by atoms with E-state index in [0.717, 1.165) is 33.2 Å². The Bertz CT molecular complexity index is 4210. The Morgan fingerprint density at radius 2 is 1.48 bits per heavy atom. The molecule has 21 heteroatoms. The van der Waals surface area contributed by atoms with Gasteiger partial charge in [0, 0.05) is 34.7 Å². The first kappa shape index (κ1) is 60.7. The van der Waals surface area contributed by atoms with Crippen LogP contribution in [0.1, 0.15) is 98.2 Å². The molecule has 4 heterocycles. The Balaban J connectivity index is 0.785. The number of nitrogens with one attached hydrogen (secondary N) is 5. The van der Waals surface area contributed by atoms with Gasteiger partial charge in [0.2, 0.25) is 21.5 Å². The molecule has 2 aliphatic heterocycles. The highest BCUT2D eigenvalue weighted by Crippen LogP contribution is 2.45. The van der Waals surface area contributed by atoms with Crippen LogP contribution >= 0.6 is 0 Å². The third-order valence-electron chi connectivity index (χ3n) is 16.5. The van der Waals surface area contributed by atoms with Gasteiger partial charge in [0.25, 0.3) is 5.56 Å². The number of carboxylic acids is 1. The van der Waals surface area contributed by atoms with Gasteiger partial charge in [-0.25, -0.2) is 37.3 Å². The van der Waals surface area contributed by atoms with Crippen molar-refractivity contribution in [1.29, 1.82) is 0 Å². The molecule has 89 heavy (non-hydrogen) atoms. The predicted octanol–water partition coefficient (Wildman–Crippen LogP) is 9.83. The number of fused-ring (bicyclic) bond motifs is 8. The Labute approximate surface area is 513 Å². The fourth-order valence-corrected chi connectivity index (χ4v) is 13.1. The molecule has 8 aromatic rings. The highest BCUT2D eigenvalue weighted by molar-refractivity contribution is 7.89. The number of aromatic nitrogens is 2. The van der Waals surface area contributed by atoms with Crippen LogP contribution in [-0.4, -0.2) is 84.3 Å². The quantitative estimate of drug-likeness (QED) is 0.0209. The summed E-state index contributed by atoms with van der Waals surface area (Å²) in [7, 11) is -4.18. The first-order valence-electron chi connectivity index (χ1n) is 29.4. The Hall–Kier alpha value is -9.99. The molecule has 2 aromatic heterocycles. The van der Waals surface area contributed by atoms with Gasteiger partial charge >= 0.3 is 30.0 Å². The Kier molecular flexibility index (Phi) is 17.6. The highest BCUT2D eigenvalue weighted by Gasteiger charge is 2.52. The average molecular weight is 1220 g/mol. The van der Waals surface area contributed by atoms with E-state index in [1.165, 1.54) is 12.1 Å². The van der Waals surface area contributed by atoms with Crippen molar-refractivity contribution in [3.8, 4) is 33.6 Å². The van der Waals surface area contributed by atoms with Gasteiger partial charge in [-0.05, 0) is 113 Å². The number of carbonyl (C=O) groups excluding carboxylic acids is 5. The zero-order valence-electron chi connectivity index (χ0n) is 49.0. The zero-order valence-corrected chi connectivity index (χ0v) is 49.8. The first-order valence-corrected chi connectivity index (χ1v) is 30.9. The van der Waals surface area contributed by atoms with E-state index in [4.69, 9.17) is 19.2 Å². The van der Waals surface area contributed by atoms with E-state index >= 15 is 0 Å². The maximum Gasteiger partial charge on any atom is 0.407 e. The molecular formula is C68H65N7O13S. The number of aliphatic carboxylic acids is 1. The number of alkyl carbamates (subject to hydrolysis) is 1. The number of ether oxygens (including phenoxy) is 3. The molecule has 0 spiro atoms. The summed E-state index contributed by atoms with van der Waals surface area (Å²) < 4.78 is 48.7. The Morgan fingerprint density at radius 3 is 2.19 bits per heavy atom. The summed E-state index contributed by atoms with van der Waals surface area (Å²) in [6, 6.07) is 43.7. The number of hydrogen-bond donors (Lipinski definition) is 6. The summed E-state index contributed by atoms with van der Waals surface area (Å²) in [4.78, 5) is 101. The topological polar surface area (TPSA) is 280 Å². The monoisotopic (exact) mass is 1220 g/mol. The number of esters is 2. The van der Waals surface area contributed by atoms with Gasteiger partial charge in [-0.3, -0.25) is 14.4 Å². The zero-order chi connectivity index (χ0) is 62.6. The number of nitrogens with zero attached hydrogens (tertiary/aromatic N) is 2. The lowest BCUT2D eigenvalue weighted by atomic mass is 9.85. The lowest BCUT2D eigenvalue weighted by Gasteiger charge is -2.37. The van der Waals surface area contributed by atoms with Crippen LogP contribution in [0.25, 0.3) is 44.5 Å². The second kappa shape index (κ2) is 25.8. The number of anilines is 1. The second-order valence-electron chi connectivity index (χ2n) is 22.6. The number of benzene rings is 6. The van der Waals surface area contributed by atoms with Gasteiger partial charge < -0.3 is 45.2 Å². The molecule has 0 saturated carbocycles. The van der Waals surface area contributed by atoms with E-state index in [0.29, 0.717) is 45.7 Å². The van der Waals surface area contributed by atoms with Crippen molar-refractivity contribution in [2.45, 2.75) is 101 Å². The van der Waals surface area contributed by atoms with Crippen LogP contribution < -0.4 is 31.5 Å². The van der Waals surface area contributed by atoms with Crippen molar-refractivity contribution >= 4 is 62.6 Å². The lowest BCUT2D eigenvalue weighted by molar-refractivity contribution is -0.191. The SMILES string of the molecule is CC[C@@]1(OC(=O)[C@H](NC(=O)[C@H](CCCCNC(=O)OCC2c3ccccc3-c3ccccc32)NC(=O)Nc2cccc(-c3ccc(S(=O)(=O)NC(CC(=O)O)c4ccccc4)cc3)c2)C(C)C)C(=O)OCc2c1cc1n(c2=O)Cc2cc3ccccc3nc2-1. The van der Waals surface area contributed by atoms with Crippen LogP contribution in [0.4, 0.5) is 15.3 Å². The van der Waals surface area contributed by atoms with Gasteiger partial charge in [0.15, 0.2) is 0 Å². The van der Waals surface area contributed by atoms with Crippen LogP contribution in [0.3, 0.4) is 0 Å². The molecule has 1 aliphatic carbocycles. The van der Waals surface area contributed by atoms with E-state index in [1.54, 1.807) is 98.1 Å². The van der Waals surface area contributed by atoms with Gasteiger partial charge in [0.05, 0.1) is 46.4 Å². The van der Waals surface area contributed by atoms with Crippen LogP contribution in [0, 0.1) is 5.92 Å². The van der Waals surface area contributed by atoms with Crippen molar-refractivity contribution in [2.24, 2.45) is 5.92 Å². The van der Waals surface area contributed by atoms with E-state index in [1.807, 2.05) is 78.9 Å². The predicted molar refractivity (Wildman–Crippen MR) is 332 cm³/mol. The molecular weight excluding hydrogens is 1150 g/mol. The molecule has 6 N–H and O–H groups in total. The molecule has 0 bridgehead atoms. The number of carboxylic acid groups (broad SMARTS) is 1. The van der Waals surface area contributed by atoms with Crippen molar-refractivity contribution in [2.75, 3.05) is 18.5 Å². The molecule has 0 radical (unpaired) electrons. The maximum absolute atomic E-state index is 14.7. The van der Waals surface area contributed by atoms with Crippen LogP contribution in [0.2, 0.25) is 0 Å². The van der Waals surface area contributed by atoms with Gasteiger partial charge in [0.1, 0.15) is 25.3 Å². The van der Waals surface area contributed by atoms with Crippen LogP contribution in [-0.2, 0) is 62.2 Å². The van der Waals surface area contributed by atoms with E-state index in [9.17, 15) is 47.1 Å². The number of pyridine rings is 2. The first-order chi connectivity index (χ1) is 42.9. The minimum Gasteiger partial charge on any atom is -0.481 e. The second-order valence-corrected chi connectivity index (χ2v) is 24.3. The van der Waals surface area contributed by atoms with Crippen LogP contribution in [0.15, 0.2) is 173 Å².